The van der Waals surface area contributed by atoms with E-state index < -0.39 is 10.0 Å². The van der Waals surface area contributed by atoms with Gasteiger partial charge in [-0.05, 0) is 55.8 Å². The molecule has 4 rings (SSSR count). The largest absolute Gasteiger partial charge is 0.492 e. The fourth-order valence-corrected chi connectivity index (χ4v) is 5.37. The minimum atomic E-state index is -3.62. The monoisotopic (exact) mass is 411 g/mol. The zero-order valence-electron chi connectivity index (χ0n) is 16.7. The molecule has 1 fully saturated rings. The molecule has 1 aliphatic heterocycles. The van der Waals surface area contributed by atoms with Crippen LogP contribution in [0.3, 0.4) is 0 Å². The molecule has 2 heterocycles. The van der Waals surface area contributed by atoms with E-state index in [4.69, 9.17) is 4.74 Å². The van der Waals surface area contributed by atoms with Crippen LogP contribution >= 0.6 is 0 Å². The van der Waals surface area contributed by atoms with Gasteiger partial charge in [-0.3, -0.25) is 4.98 Å². The van der Waals surface area contributed by atoms with Crippen LogP contribution in [0.4, 0.5) is 5.69 Å². The molecule has 0 bridgehead atoms. The average molecular weight is 412 g/mol. The zero-order valence-corrected chi connectivity index (χ0v) is 17.5. The molecule has 0 N–H and O–H groups in total. The second-order valence-electron chi connectivity index (χ2n) is 7.12. The van der Waals surface area contributed by atoms with Crippen LogP contribution in [0.15, 0.2) is 59.6 Å². The quantitative estimate of drug-likeness (QED) is 0.643. The van der Waals surface area contributed by atoms with Crippen LogP contribution in [0, 0.1) is 6.92 Å². The molecule has 152 valence electrons. The van der Waals surface area contributed by atoms with E-state index in [2.05, 4.69) is 35.0 Å². The molecule has 2 aromatic carbocycles. The Labute approximate surface area is 171 Å². The van der Waals surface area contributed by atoms with E-state index in [9.17, 15) is 8.42 Å². The molecule has 6 nitrogen and oxygen atoms in total. The molecule has 1 aromatic heterocycles. The molecule has 0 atom stereocenters. The maximum absolute atomic E-state index is 13.4. The standard InChI is InChI=1S/C22H25N3O3S/c1-3-28-20-9-10-21(19-8-5-11-23-22(19)20)29(26,27)25-14-12-24(13-15-25)18-7-4-6-17(2)16-18/h4-11,16H,3,12-15H2,1-2H3. The first-order valence-electron chi connectivity index (χ1n) is 9.83. The third-order valence-electron chi connectivity index (χ3n) is 5.22. The van der Waals surface area contributed by atoms with Gasteiger partial charge >= 0.3 is 0 Å². The topological polar surface area (TPSA) is 62.7 Å². The molecule has 0 unspecified atom stereocenters. The second kappa shape index (κ2) is 8.00. The maximum Gasteiger partial charge on any atom is 0.243 e. The minimum absolute atomic E-state index is 0.285. The van der Waals surface area contributed by atoms with Crippen molar-refractivity contribution < 1.29 is 13.2 Å². The van der Waals surface area contributed by atoms with Gasteiger partial charge in [0.2, 0.25) is 10.0 Å². The Kier molecular flexibility index (Phi) is 5.43. The lowest BCUT2D eigenvalue weighted by Crippen LogP contribution is -2.48. The number of rotatable bonds is 5. The van der Waals surface area contributed by atoms with Crippen molar-refractivity contribution in [3.05, 3.63) is 60.3 Å². The highest BCUT2D eigenvalue weighted by Crippen LogP contribution is 2.31. The number of hydrogen-bond donors (Lipinski definition) is 0. The number of nitrogens with zero attached hydrogens (tertiary/aromatic N) is 3. The van der Waals surface area contributed by atoms with Crippen LogP contribution in [-0.4, -0.2) is 50.5 Å². The molecule has 3 aromatic rings. The molecule has 29 heavy (non-hydrogen) atoms. The number of fused-ring (bicyclic) bond motifs is 1. The van der Waals surface area contributed by atoms with Gasteiger partial charge in [-0.25, -0.2) is 8.42 Å². The van der Waals surface area contributed by atoms with Crippen LogP contribution in [0.2, 0.25) is 0 Å². The summed E-state index contributed by atoms with van der Waals surface area (Å²) in [7, 11) is -3.62. The number of hydrogen-bond acceptors (Lipinski definition) is 5. The summed E-state index contributed by atoms with van der Waals surface area (Å²) in [4.78, 5) is 6.88. The number of pyridine rings is 1. The lowest BCUT2D eigenvalue weighted by Gasteiger charge is -2.35. The second-order valence-corrected chi connectivity index (χ2v) is 9.03. The molecule has 7 heteroatoms. The summed E-state index contributed by atoms with van der Waals surface area (Å²) in [6, 6.07) is 15.2. The number of ether oxygens (including phenoxy) is 1. The predicted octanol–water partition coefficient (Wildman–Crippen LogP) is 3.45. The number of sulfonamides is 1. The summed E-state index contributed by atoms with van der Waals surface area (Å²) < 4.78 is 34.0. The average Bonchev–Trinajstić information content (AvgIpc) is 2.74. The fourth-order valence-electron chi connectivity index (χ4n) is 3.77. The van der Waals surface area contributed by atoms with Gasteiger partial charge in [0.1, 0.15) is 11.3 Å². The highest BCUT2D eigenvalue weighted by atomic mass is 32.2. The van der Waals surface area contributed by atoms with Gasteiger partial charge < -0.3 is 9.64 Å². The van der Waals surface area contributed by atoms with Crippen molar-refractivity contribution in [3.8, 4) is 5.75 Å². The van der Waals surface area contributed by atoms with Gasteiger partial charge in [0, 0.05) is 43.4 Å². The smallest absolute Gasteiger partial charge is 0.243 e. The minimum Gasteiger partial charge on any atom is -0.492 e. The summed E-state index contributed by atoms with van der Waals surface area (Å²) in [5.41, 5.74) is 2.91. The van der Waals surface area contributed by atoms with E-state index in [-0.39, 0.29) is 4.90 Å². The summed E-state index contributed by atoms with van der Waals surface area (Å²) >= 11 is 0. The van der Waals surface area contributed by atoms with E-state index >= 15 is 0 Å². The molecule has 0 aliphatic carbocycles. The zero-order chi connectivity index (χ0) is 20.4. The molecule has 0 spiro atoms. The number of aromatic nitrogens is 1. The predicted molar refractivity (Wildman–Crippen MR) is 115 cm³/mol. The van der Waals surface area contributed by atoms with E-state index in [0.29, 0.717) is 49.4 Å². The van der Waals surface area contributed by atoms with Crippen molar-refractivity contribution in [3.63, 3.8) is 0 Å². The number of aryl methyl sites for hydroxylation is 1. The van der Waals surface area contributed by atoms with Crippen LogP contribution in [0.1, 0.15) is 12.5 Å². The Bertz CT molecular complexity index is 1120. The Hall–Kier alpha value is -2.64. The number of anilines is 1. The third-order valence-corrected chi connectivity index (χ3v) is 7.17. The van der Waals surface area contributed by atoms with Gasteiger partial charge in [-0.15, -0.1) is 0 Å². The van der Waals surface area contributed by atoms with Gasteiger partial charge in [0.15, 0.2) is 0 Å². The Balaban J connectivity index is 1.61. The van der Waals surface area contributed by atoms with Crippen molar-refractivity contribution >= 4 is 26.6 Å². The molecular weight excluding hydrogens is 386 g/mol. The van der Waals surface area contributed by atoms with Crippen LogP contribution < -0.4 is 9.64 Å². The lowest BCUT2D eigenvalue weighted by atomic mass is 10.2. The summed E-state index contributed by atoms with van der Waals surface area (Å²) in [5, 5.41) is 0.597. The highest BCUT2D eigenvalue weighted by Gasteiger charge is 2.30. The first kappa shape index (κ1) is 19.7. The maximum atomic E-state index is 13.4. The van der Waals surface area contributed by atoms with Crippen LogP contribution in [0.25, 0.3) is 10.9 Å². The molecule has 1 saturated heterocycles. The normalized spacial score (nSPS) is 15.6. The van der Waals surface area contributed by atoms with E-state index in [1.165, 1.54) is 5.56 Å². The van der Waals surface area contributed by atoms with E-state index in [1.807, 2.05) is 13.0 Å². The van der Waals surface area contributed by atoms with Crippen LogP contribution in [-0.2, 0) is 10.0 Å². The molecular formula is C22H25N3O3S. The summed E-state index contributed by atoms with van der Waals surface area (Å²) in [5.74, 6) is 0.603. The fraction of sp³-hybridized carbons (Fsp3) is 0.318. The number of piperazine rings is 1. The summed E-state index contributed by atoms with van der Waals surface area (Å²) in [6.45, 7) is 6.68. The number of benzene rings is 2. The van der Waals surface area contributed by atoms with Crippen molar-refractivity contribution in [2.24, 2.45) is 0 Å². The van der Waals surface area contributed by atoms with E-state index in [1.54, 1.807) is 34.8 Å². The molecule has 1 aliphatic rings. The Morgan fingerprint density at radius 2 is 1.83 bits per heavy atom. The highest BCUT2D eigenvalue weighted by molar-refractivity contribution is 7.89. The van der Waals surface area contributed by atoms with Crippen molar-refractivity contribution in [1.82, 2.24) is 9.29 Å². The Morgan fingerprint density at radius 1 is 1.03 bits per heavy atom. The molecule has 0 amide bonds. The van der Waals surface area contributed by atoms with Crippen molar-refractivity contribution in [2.75, 3.05) is 37.7 Å². The summed E-state index contributed by atoms with van der Waals surface area (Å²) in [6.07, 6.45) is 1.65. The van der Waals surface area contributed by atoms with Gasteiger partial charge in [-0.1, -0.05) is 12.1 Å². The first-order valence-corrected chi connectivity index (χ1v) is 11.3. The Morgan fingerprint density at radius 3 is 2.55 bits per heavy atom. The van der Waals surface area contributed by atoms with Crippen molar-refractivity contribution in [2.45, 2.75) is 18.7 Å². The lowest BCUT2D eigenvalue weighted by molar-refractivity contribution is 0.343. The molecule has 0 saturated carbocycles. The third kappa shape index (κ3) is 3.80. The first-order chi connectivity index (χ1) is 14.0. The van der Waals surface area contributed by atoms with Gasteiger partial charge in [0.05, 0.1) is 11.5 Å². The SMILES string of the molecule is CCOc1ccc(S(=O)(=O)N2CCN(c3cccc(C)c3)CC2)c2cccnc12. The van der Waals surface area contributed by atoms with Crippen LogP contribution in [0.5, 0.6) is 5.75 Å². The van der Waals surface area contributed by atoms with Crippen molar-refractivity contribution in [1.29, 1.82) is 0 Å². The van der Waals surface area contributed by atoms with E-state index in [0.717, 1.165) is 5.69 Å². The molecule has 0 radical (unpaired) electrons. The van der Waals surface area contributed by atoms with Gasteiger partial charge in [-0.2, -0.15) is 4.31 Å². The van der Waals surface area contributed by atoms with Gasteiger partial charge in [0.25, 0.3) is 0 Å².